The van der Waals surface area contributed by atoms with Gasteiger partial charge >= 0.3 is 0 Å². The minimum atomic E-state index is -3.76. The predicted molar refractivity (Wildman–Crippen MR) is 118 cm³/mol. The largest absolute Gasteiger partial charge is 0.325 e. The van der Waals surface area contributed by atoms with Crippen LogP contribution in [0.25, 0.3) is 10.9 Å². The Morgan fingerprint density at radius 2 is 1.83 bits per heavy atom. The molecule has 0 bridgehead atoms. The molecule has 152 valence electrons. The Kier molecular flexibility index (Phi) is 6.26. The quantitative estimate of drug-likeness (QED) is 0.577. The van der Waals surface area contributed by atoms with E-state index in [1.807, 2.05) is 45.0 Å². The Balaban J connectivity index is 1.78. The van der Waals surface area contributed by atoms with Crippen LogP contribution < -0.4 is 10.5 Å². The van der Waals surface area contributed by atoms with Gasteiger partial charge in [-0.05, 0) is 61.7 Å². The molecular formula is C21H23N3O3S2. The zero-order chi connectivity index (χ0) is 21.2. The summed E-state index contributed by atoms with van der Waals surface area (Å²) in [5, 5.41) is 9.51. The lowest BCUT2D eigenvalue weighted by Crippen LogP contribution is -2.24. The first-order valence-corrected chi connectivity index (χ1v) is 11.6. The summed E-state index contributed by atoms with van der Waals surface area (Å²) in [6.07, 6.45) is 0.623. The summed E-state index contributed by atoms with van der Waals surface area (Å²) >= 11 is 1.42. The second-order valence-electron chi connectivity index (χ2n) is 6.82. The van der Waals surface area contributed by atoms with Crippen LogP contribution in [-0.2, 0) is 14.8 Å². The van der Waals surface area contributed by atoms with Crippen LogP contribution >= 0.6 is 11.8 Å². The van der Waals surface area contributed by atoms with Gasteiger partial charge in [-0.25, -0.2) is 18.5 Å². The number of thioether (sulfide) groups is 1. The number of rotatable bonds is 6. The molecule has 3 aromatic rings. The van der Waals surface area contributed by atoms with Gasteiger partial charge in [-0.1, -0.05) is 36.9 Å². The lowest BCUT2D eigenvalue weighted by atomic mass is 10.1. The molecular weight excluding hydrogens is 406 g/mol. The highest BCUT2D eigenvalue weighted by molar-refractivity contribution is 8.00. The fourth-order valence-corrected chi connectivity index (χ4v) is 4.54. The van der Waals surface area contributed by atoms with Crippen molar-refractivity contribution in [3.63, 3.8) is 0 Å². The van der Waals surface area contributed by atoms with E-state index >= 15 is 0 Å². The molecule has 0 radical (unpaired) electrons. The number of para-hydroxylation sites is 1. The summed E-state index contributed by atoms with van der Waals surface area (Å²) in [5.41, 5.74) is 3.68. The number of aromatic nitrogens is 1. The molecule has 29 heavy (non-hydrogen) atoms. The van der Waals surface area contributed by atoms with E-state index in [4.69, 9.17) is 10.1 Å². The van der Waals surface area contributed by atoms with Gasteiger partial charge in [-0.3, -0.25) is 4.79 Å². The third-order valence-corrected chi connectivity index (χ3v) is 6.81. The van der Waals surface area contributed by atoms with E-state index in [1.165, 1.54) is 36.0 Å². The van der Waals surface area contributed by atoms with Gasteiger partial charge in [-0.2, -0.15) is 0 Å². The second-order valence-corrected chi connectivity index (χ2v) is 9.61. The number of pyridine rings is 1. The number of nitrogens with one attached hydrogen (secondary N) is 1. The fourth-order valence-electron chi connectivity index (χ4n) is 3.01. The molecule has 3 N–H and O–H groups in total. The van der Waals surface area contributed by atoms with Crippen LogP contribution in [-0.4, -0.2) is 24.6 Å². The van der Waals surface area contributed by atoms with Crippen LogP contribution in [0.3, 0.4) is 0 Å². The summed E-state index contributed by atoms with van der Waals surface area (Å²) in [5.74, 6) is -0.162. The predicted octanol–water partition coefficient (Wildman–Crippen LogP) is 4.01. The maximum absolute atomic E-state index is 12.7. The molecule has 1 atom stereocenters. The highest BCUT2D eigenvalue weighted by atomic mass is 32.2. The van der Waals surface area contributed by atoms with Crippen LogP contribution in [0, 0.1) is 13.8 Å². The van der Waals surface area contributed by atoms with Gasteiger partial charge in [0.25, 0.3) is 0 Å². The molecule has 2 aromatic carbocycles. The van der Waals surface area contributed by atoms with E-state index < -0.39 is 10.0 Å². The third-order valence-electron chi connectivity index (χ3n) is 4.60. The Bertz CT molecular complexity index is 1160. The number of carbonyl (C=O) groups is 1. The summed E-state index contributed by atoms with van der Waals surface area (Å²) < 4.78 is 22.7. The molecule has 6 nitrogen and oxygen atoms in total. The van der Waals surface area contributed by atoms with Crippen LogP contribution in [0.5, 0.6) is 0 Å². The first-order chi connectivity index (χ1) is 13.7. The number of anilines is 1. The SMILES string of the molecule is CCC(Sc1cc(C)c2cccc(C)c2n1)C(=O)Nc1ccc(S(N)(=O)=O)cc1. The van der Waals surface area contributed by atoms with Gasteiger partial charge in [0.15, 0.2) is 0 Å². The number of sulfonamides is 1. The molecule has 0 aliphatic heterocycles. The summed E-state index contributed by atoms with van der Waals surface area (Å²) in [7, 11) is -3.76. The number of nitrogens with two attached hydrogens (primary N) is 1. The smallest absolute Gasteiger partial charge is 0.238 e. The maximum atomic E-state index is 12.7. The highest BCUT2D eigenvalue weighted by Gasteiger charge is 2.20. The number of nitrogens with zero attached hydrogens (tertiary/aromatic N) is 1. The Labute approximate surface area is 175 Å². The number of fused-ring (bicyclic) bond motifs is 1. The average Bonchev–Trinajstić information content (AvgIpc) is 2.66. The van der Waals surface area contributed by atoms with Gasteiger partial charge in [-0.15, -0.1) is 0 Å². The molecule has 0 aliphatic rings. The molecule has 0 saturated carbocycles. The maximum Gasteiger partial charge on any atom is 0.238 e. The fraction of sp³-hybridized carbons (Fsp3) is 0.238. The minimum absolute atomic E-state index is 0.00289. The molecule has 1 amide bonds. The van der Waals surface area contributed by atoms with Gasteiger partial charge < -0.3 is 5.32 Å². The number of amides is 1. The topological polar surface area (TPSA) is 102 Å². The highest BCUT2D eigenvalue weighted by Crippen LogP contribution is 2.30. The van der Waals surface area contributed by atoms with Crippen molar-refractivity contribution in [3.05, 3.63) is 59.7 Å². The number of primary sulfonamides is 1. The van der Waals surface area contributed by atoms with Crippen LogP contribution in [0.4, 0.5) is 5.69 Å². The zero-order valence-corrected chi connectivity index (χ0v) is 18.1. The third kappa shape index (κ3) is 4.95. The number of aryl methyl sites for hydroxylation is 2. The summed E-state index contributed by atoms with van der Waals surface area (Å²) in [4.78, 5) is 17.5. The van der Waals surface area contributed by atoms with Crippen molar-refractivity contribution in [2.24, 2.45) is 5.14 Å². The standard InChI is InChI=1S/C21H23N3O3S2/c1-4-18(21(25)23-15-8-10-16(11-9-15)29(22,26)27)28-19-12-14(3)17-7-5-6-13(2)20(17)24-19/h5-12,18H,4H2,1-3H3,(H,23,25)(H2,22,26,27). The van der Waals surface area contributed by atoms with Crippen molar-refractivity contribution < 1.29 is 13.2 Å². The Morgan fingerprint density at radius 1 is 1.14 bits per heavy atom. The number of benzene rings is 2. The van der Waals surface area contributed by atoms with E-state index in [-0.39, 0.29) is 16.1 Å². The molecule has 0 fully saturated rings. The van der Waals surface area contributed by atoms with E-state index in [1.54, 1.807) is 0 Å². The van der Waals surface area contributed by atoms with Gasteiger partial charge in [0.2, 0.25) is 15.9 Å². The molecule has 1 unspecified atom stereocenters. The van der Waals surface area contributed by atoms with Crippen LogP contribution in [0.15, 0.2) is 58.5 Å². The monoisotopic (exact) mass is 429 g/mol. The van der Waals surface area contributed by atoms with E-state index in [0.29, 0.717) is 12.1 Å². The van der Waals surface area contributed by atoms with Crippen molar-refractivity contribution in [3.8, 4) is 0 Å². The van der Waals surface area contributed by atoms with E-state index in [9.17, 15) is 13.2 Å². The molecule has 1 aromatic heterocycles. The molecule has 3 rings (SSSR count). The summed E-state index contributed by atoms with van der Waals surface area (Å²) in [6, 6.07) is 13.9. The normalized spacial score (nSPS) is 12.7. The van der Waals surface area contributed by atoms with Crippen LogP contribution in [0.1, 0.15) is 24.5 Å². The van der Waals surface area contributed by atoms with Crippen molar-refractivity contribution in [2.45, 2.75) is 42.4 Å². The lowest BCUT2D eigenvalue weighted by molar-refractivity contribution is -0.115. The van der Waals surface area contributed by atoms with E-state index in [2.05, 4.69) is 5.32 Å². The van der Waals surface area contributed by atoms with Crippen LogP contribution in [0.2, 0.25) is 0 Å². The van der Waals surface area contributed by atoms with Crippen molar-refractivity contribution >= 4 is 44.3 Å². The molecule has 0 spiro atoms. The first-order valence-electron chi connectivity index (χ1n) is 9.16. The van der Waals surface area contributed by atoms with Crippen molar-refractivity contribution in [1.82, 2.24) is 4.98 Å². The Morgan fingerprint density at radius 3 is 2.45 bits per heavy atom. The van der Waals surface area contributed by atoms with Crippen molar-refractivity contribution in [1.29, 1.82) is 0 Å². The minimum Gasteiger partial charge on any atom is -0.325 e. The summed E-state index contributed by atoms with van der Waals surface area (Å²) in [6.45, 7) is 6.01. The molecule has 1 heterocycles. The van der Waals surface area contributed by atoms with Gasteiger partial charge in [0.1, 0.15) is 0 Å². The molecule has 8 heteroatoms. The van der Waals surface area contributed by atoms with Gasteiger partial charge in [0, 0.05) is 11.1 Å². The number of hydrogen-bond donors (Lipinski definition) is 2. The average molecular weight is 430 g/mol. The Hall–Kier alpha value is -2.42. The molecule has 0 aliphatic carbocycles. The lowest BCUT2D eigenvalue weighted by Gasteiger charge is -2.16. The second kappa shape index (κ2) is 8.52. The first kappa shape index (κ1) is 21.3. The number of hydrogen-bond acceptors (Lipinski definition) is 5. The molecule has 0 saturated heterocycles. The van der Waals surface area contributed by atoms with E-state index in [0.717, 1.165) is 27.1 Å². The zero-order valence-electron chi connectivity index (χ0n) is 16.5. The van der Waals surface area contributed by atoms with Crippen molar-refractivity contribution in [2.75, 3.05) is 5.32 Å². The number of carbonyl (C=O) groups excluding carboxylic acids is 1. The van der Waals surface area contributed by atoms with Gasteiger partial charge in [0.05, 0.1) is 20.7 Å².